The Kier molecular flexibility index (Phi) is 5.56. The van der Waals surface area contributed by atoms with Gasteiger partial charge < -0.3 is 10.6 Å². The lowest BCUT2D eigenvalue weighted by atomic mass is 10.2. The molecule has 0 aliphatic carbocycles. The second-order valence-electron chi connectivity index (χ2n) is 5.39. The summed E-state index contributed by atoms with van der Waals surface area (Å²) in [7, 11) is 0. The predicted molar refractivity (Wildman–Crippen MR) is 106 cm³/mol. The Balaban J connectivity index is 1.79. The average molecular weight is 406 g/mol. The minimum Gasteiger partial charge on any atom is -0.322 e. The van der Waals surface area contributed by atoms with Crippen molar-refractivity contribution in [2.75, 3.05) is 10.6 Å². The quantitative estimate of drug-likeness (QED) is 0.621. The van der Waals surface area contributed by atoms with E-state index in [1.165, 1.54) is 0 Å². The minimum absolute atomic E-state index is 0.326. The molecule has 0 radical (unpaired) electrons. The van der Waals surface area contributed by atoms with E-state index in [4.69, 9.17) is 23.2 Å². The molecule has 8 heteroatoms. The van der Waals surface area contributed by atoms with Gasteiger partial charge in [-0.3, -0.25) is 9.59 Å². The van der Waals surface area contributed by atoms with Crippen LogP contribution in [0.5, 0.6) is 0 Å². The first-order valence-corrected chi connectivity index (χ1v) is 9.07. The molecule has 5 nitrogen and oxygen atoms in total. The first kappa shape index (κ1) is 18.4. The van der Waals surface area contributed by atoms with Crippen molar-refractivity contribution in [3.63, 3.8) is 0 Å². The van der Waals surface area contributed by atoms with Crippen LogP contribution in [-0.2, 0) is 0 Å². The third-order valence-corrected chi connectivity index (χ3v) is 4.88. The van der Waals surface area contributed by atoms with Crippen molar-refractivity contribution in [1.29, 1.82) is 0 Å². The molecule has 26 heavy (non-hydrogen) atoms. The fraction of sp³-hybridized carbons (Fsp3) is 0.0556. The van der Waals surface area contributed by atoms with Gasteiger partial charge in [0.05, 0.1) is 11.3 Å². The second kappa shape index (κ2) is 7.86. The highest BCUT2D eigenvalue weighted by molar-refractivity contribution is 7.11. The molecule has 0 bridgehead atoms. The number of carbonyl (C=O) groups excluding carboxylic acids is 2. The van der Waals surface area contributed by atoms with Gasteiger partial charge in [0, 0.05) is 21.3 Å². The fourth-order valence-corrected chi connectivity index (χ4v) is 3.27. The summed E-state index contributed by atoms with van der Waals surface area (Å²) in [4.78, 5) is 25.0. The summed E-state index contributed by atoms with van der Waals surface area (Å²) in [5, 5.41) is 7.01. The van der Waals surface area contributed by atoms with Gasteiger partial charge in [-0.1, -0.05) is 23.2 Å². The van der Waals surface area contributed by atoms with E-state index < -0.39 is 0 Å². The van der Waals surface area contributed by atoms with E-state index in [2.05, 4.69) is 15.0 Å². The molecule has 0 saturated carbocycles. The lowest BCUT2D eigenvalue weighted by Gasteiger charge is -2.08. The summed E-state index contributed by atoms with van der Waals surface area (Å²) in [6.45, 7) is 1.71. The van der Waals surface area contributed by atoms with Crippen molar-refractivity contribution in [2.45, 2.75) is 6.92 Å². The number of benzene rings is 2. The van der Waals surface area contributed by atoms with Gasteiger partial charge in [-0.05, 0) is 67.0 Å². The molecule has 3 aromatic rings. The van der Waals surface area contributed by atoms with Crippen LogP contribution >= 0.6 is 34.7 Å². The van der Waals surface area contributed by atoms with Crippen LogP contribution in [0.1, 0.15) is 26.4 Å². The minimum atomic E-state index is -0.357. The lowest BCUT2D eigenvalue weighted by Crippen LogP contribution is -2.17. The van der Waals surface area contributed by atoms with Gasteiger partial charge >= 0.3 is 0 Å². The van der Waals surface area contributed by atoms with E-state index in [9.17, 15) is 9.59 Å². The molecule has 2 amide bonds. The van der Waals surface area contributed by atoms with Crippen LogP contribution in [0.3, 0.4) is 0 Å². The number of nitrogens with zero attached hydrogens (tertiary/aromatic N) is 1. The number of nitrogens with one attached hydrogen (secondary N) is 2. The summed E-state index contributed by atoms with van der Waals surface area (Å²) in [5.74, 6) is -0.698. The summed E-state index contributed by atoms with van der Waals surface area (Å²) >= 11 is 12.7. The van der Waals surface area contributed by atoms with Crippen LogP contribution in [0.15, 0.2) is 48.5 Å². The van der Waals surface area contributed by atoms with Crippen LogP contribution in [0, 0.1) is 6.92 Å². The Bertz CT molecular complexity index is 954. The van der Waals surface area contributed by atoms with Gasteiger partial charge in [-0.25, -0.2) is 0 Å². The third kappa shape index (κ3) is 4.22. The molecular weight excluding hydrogens is 393 g/mol. The lowest BCUT2D eigenvalue weighted by molar-refractivity contribution is 0.102. The molecular formula is C18H13Cl2N3O2S. The number of aryl methyl sites for hydroxylation is 1. The topological polar surface area (TPSA) is 71.1 Å². The van der Waals surface area contributed by atoms with E-state index in [0.717, 1.165) is 11.5 Å². The highest BCUT2D eigenvalue weighted by atomic mass is 35.5. The molecule has 0 atom stereocenters. The molecule has 0 aliphatic rings. The fourth-order valence-electron chi connectivity index (χ4n) is 2.23. The highest BCUT2D eigenvalue weighted by Gasteiger charge is 2.20. The second-order valence-corrected chi connectivity index (χ2v) is 7.04. The van der Waals surface area contributed by atoms with Crippen molar-refractivity contribution in [2.24, 2.45) is 0 Å². The van der Waals surface area contributed by atoms with E-state index in [-0.39, 0.29) is 11.8 Å². The van der Waals surface area contributed by atoms with Crippen LogP contribution < -0.4 is 10.6 Å². The molecule has 0 fully saturated rings. The number of amides is 2. The van der Waals surface area contributed by atoms with Crippen molar-refractivity contribution < 1.29 is 9.59 Å². The Morgan fingerprint density at radius 2 is 1.46 bits per heavy atom. The van der Waals surface area contributed by atoms with Gasteiger partial charge in [-0.2, -0.15) is 4.37 Å². The maximum atomic E-state index is 12.6. The van der Waals surface area contributed by atoms with Crippen molar-refractivity contribution in [3.05, 3.63) is 75.4 Å². The van der Waals surface area contributed by atoms with Gasteiger partial charge in [0.2, 0.25) is 0 Å². The number of rotatable bonds is 4. The van der Waals surface area contributed by atoms with E-state index in [1.807, 2.05) is 0 Å². The Morgan fingerprint density at radius 3 is 2.08 bits per heavy atom. The number of hydrogen-bond donors (Lipinski definition) is 2. The predicted octanol–water partition coefficient (Wildman–Crippen LogP) is 5.26. The monoisotopic (exact) mass is 405 g/mol. The molecule has 0 saturated heterocycles. The molecule has 1 aromatic heterocycles. The van der Waals surface area contributed by atoms with E-state index in [0.29, 0.717) is 37.6 Å². The number of carbonyl (C=O) groups is 2. The number of aromatic nitrogens is 1. The first-order valence-electron chi connectivity index (χ1n) is 7.54. The molecule has 1 heterocycles. The number of hydrogen-bond acceptors (Lipinski definition) is 4. The van der Waals surface area contributed by atoms with Crippen molar-refractivity contribution >= 4 is 57.2 Å². The van der Waals surface area contributed by atoms with Crippen LogP contribution in [0.25, 0.3) is 0 Å². The number of anilines is 2. The summed E-state index contributed by atoms with van der Waals surface area (Å²) in [6, 6.07) is 13.2. The summed E-state index contributed by atoms with van der Waals surface area (Å²) < 4.78 is 4.18. The highest BCUT2D eigenvalue weighted by Crippen LogP contribution is 2.26. The Labute approximate surface area is 164 Å². The zero-order valence-electron chi connectivity index (χ0n) is 13.5. The first-order chi connectivity index (χ1) is 12.4. The zero-order chi connectivity index (χ0) is 18.7. The van der Waals surface area contributed by atoms with Crippen LogP contribution in [-0.4, -0.2) is 16.2 Å². The zero-order valence-corrected chi connectivity index (χ0v) is 15.9. The standard InChI is InChI=1S/C18H13Cl2N3O2S/c1-10-15(17(25)21-14-8-6-13(20)7-9-14)18(26-23-10)22-16(24)11-2-4-12(19)5-3-11/h2-9H,1H3,(H,21,25)(H,22,24). The average Bonchev–Trinajstić information content (AvgIpc) is 2.98. The Hall–Kier alpha value is -2.41. The molecule has 3 rings (SSSR count). The molecule has 0 spiro atoms. The van der Waals surface area contributed by atoms with Crippen molar-refractivity contribution in [3.8, 4) is 0 Å². The normalized spacial score (nSPS) is 10.4. The van der Waals surface area contributed by atoms with Crippen LogP contribution in [0.2, 0.25) is 10.0 Å². The van der Waals surface area contributed by atoms with E-state index in [1.54, 1.807) is 55.5 Å². The number of halogens is 2. The Morgan fingerprint density at radius 1 is 0.885 bits per heavy atom. The SMILES string of the molecule is Cc1nsc(NC(=O)c2ccc(Cl)cc2)c1C(=O)Nc1ccc(Cl)cc1. The van der Waals surface area contributed by atoms with Crippen molar-refractivity contribution in [1.82, 2.24) is 4.37 Å². The van der Waals surface area contributed by atoms with Gasteiger partial charge in [0.1, 0.15) is 5.00 Å². The van der Waals surface area contributed by atoms with Crippen LogP contribution in [0.4, 0.5) is 10.7 Å². The molecule has 0 aliphatic heterocycles. The summed E-state index contributed by atoms with van der Waals surface area (Å²) in [5.41, 5.74) is 1.89. The maximum absolute atomic E-state index is 12.6. The van der Waals surface area contributed by atoms with Gasteiger partial charge in [-0.15, -0.1) is 0 Å². The third-order valence-electron chi connectivity index (χ3n) is 3.53. The molecule has 2 N–H and O–H groups in total. The van der Waals surface area contributed by atoms with Gasteiger partial charge in [0.25, 0.3) is 11.8 Å². The van der Waals surface area contributed by atoms with E-state index >= 15 is 0 Å². The van der Waals surface area contributed by atoms with Gasteiger partial charge in [0.15, 0.2) is 0 Å². The summed E-state index contributed by atoms with van der Waals surface area (Å²) in [6.07, 6.45) is 0. The maximum Gasteiger partial charge on any atom is 0.260 e. The smallest absolute Gasteiger partial charge is 0.260 e. The molecule has 132 valence electrons. The largest absolute Gasteiger partial charge is 0.322 e. The molecule has 0 unspecified atom stereocenters. The molecule has 2 aromatic carbocycles.